The maximum absolute atomic E-state index is 8.97. The zero-order valence-electron chi connectivity index (χ0n) is 11.0. The third kappa shape index (κ3) is 3.26. The molecular formula is C12H14N4O2S2. The van der Waals surface area contributed by atoms with Crippen LogP contribution < -0.4 is 5.73 Å². The van der Waals surface area contributed by atoms with Gasteiger partial charge in [-0.25, -0.2) is 0 Å². The van der Waals surface area contributed by atoms with Crippen LogP contribution >= 0.6 is 23.5 Å². The molecule has 0 atom stereocenters. The Morgan fingerprint density at radius 2 is 2.15 bits per heavy atom. The molecule has 1 aromatic carbocycles. The topological polar surface area (TPSA) is 97.5 Å². The fraction of sp³-hybridized carbons (Fsp3) is 0.250. The average Bonchev–Trinajstić information content (AvgIpc) is 2.84. The van der Waals surface area contributed by atoms with E-state index in [2.05, 4.69) is 15.4 Å². The van der Waals surface area contributed by atoms with Crippen molar-refractivity contribution in [2.45, 2.75) is 28.9 Å². The zero-order chi connectivity index (χ0) is 14.5. The summed E-state index contributed by atoms with van der Waals surface area (Å²) in [6.45, 7) is 3.77. The molecule has 2 aromatic rings. The fourth-order valence-corrected chi connectivity index (χ4v) is 3.39. The average molecular weight is 310 g/mol. The lowest BCUT2D eigenvalue weighted by atomic mass is 10.2. The van der Waals surface area contributed by atoms with E-state index >= 15 is 0 Å². The second-order valence-electron chi connectivity index (χ2n) is 3.74. The van der Waals surface area contributed by atoms with Gasteiger partial charge in [-0.05, 0) is 29.6 Å². The molecule has 0 spiro atoms. The number of hydrogen-bond acceptors (Lipinski definition) is 7. The lowest BCUT2D eigenvalue weighted by molar-refractivity contribution is 0.318. The molecule has 1 aromatic heterocycles. The third-order valence-electron chi connectivity index (χ3n) is 2.36. The highest BCUT2D eigenvalue weighted by molar-refractivity contribution is 8.00. The highest BCUT2D eigenvalue weighted by Gasteiger charge is 2.16. The Hall–Kier alpha value is -1.67. The van der Waals surface area contributed by atoms with Crippen LogP contribution in [0.3, 0.4) is 0 Å². The van der Waals surface area contributed by atoms with Crippen LogP contribution in [0.1, 0.15) is 18.4 Å². The van der Waals surface area contributed by atoms with Gasteiger partial charge < -0.3 is 15.4 Å². The van der Waals surface area contributed by atoms with E-state index in [0.717, 1.165) is 15.5 Å². The maximum atomic E-state index is 8.97. The van der Waals surface area contributed by atoms with Crippen molar-refractivity contribution in [2.24, 2.45) is 10.9 Å². The van der Waals surface area contributed by atoms with Crippen LogP contribution in [0.25, 0.3) is 0 Å². The van der Waals surface area contributed by atoms with Crippen LogP contribution in [0.4, 0.5) is 0 Å². The van der Waals surface area contributed by atoms with Gasteiger partial charge in [0.25, 0.3) is 5.22 Å². The van der Waals surface area contributed by atoms with E-state index in [1.54, 1.807) is 18.7 Å². The van der Waals surface area contributed by atoms with Crippen LogP contribution in [0.15, 0.2) is 42.8 Å². The SMILES string of the molecule is CCSc1cccc(Sc2nnc(C)o2)c1/C(N)=N/O. The van der Waals surface area contributed by atoms with Crippen molar-refractivity contribution in [3.05, 3.63) is 29.7 Å². The molecule has 0 aliphatic rings. The molecule has 106 valence electrons. The van der Waals surface area contributed by atoms with Crippen LogP contribution in [-0.4, -0.2) is 27.0 Å². The summed E-state index contributed by atoms with van der Waals surface area (Å²) in [7, 11) is 0. The van der Waals surface area contributed by atoms with Crippen molar-refractivity contribution >= 4 is 29.4 Å². The zero-order valence-corrected chi connectivity index (χ0v) is 12.7. The number of oxime groups is 1. The van der Waals surface area contributed by atoms with Gasteiger partial charge in [0.15, 0.2) is 5.84 Å². The summed E-state index contributed by atoms with van der Waals surface area (Å²) in [5.74, 6) is 1.46. The molecule has 0 fully saturated rings. The van der Waals surface area contributed by atoms with Gasteiger partial charge in [-0.1, -0.05) is 18.1 Å². The summed E-state index contributed by atoms with van der Waals surface area (Å²) in [5.41, 5.74) is 6.47. The first-order chi connectivity index (χ1) is 9.65. The smallest absolute Gasteiger partial charge is 0.281 e. The first kappa shape index (κ1) is 14.7. The molecule has 1 heterocycles. The van der Waals surface area contributed by atoms with E-state index in [4.69, 9.17) is 15.4 Å². The molecule has 20 heavy (non-hydrogen) atoms. The predicted molar refractivity (Wildman–Crippen MR) is 78.5 cm³/mol. The third-order valence-corrected chi connectivity index (χ3v) is 4.20. The number of nitrogens with two attached hydrogens (primary N) is 1. The maximum Gasteiger partial charge on any atom is 0.281 e. The monoisotopic (exact) mass is 310 g/mol. The highest BCUT2D eigenvalue weighted by Crippen LogP contribution is 2.34. The van der Waals surface area contributed by atoms with Gasteiger partial charge in [-0.3, -0.25) is 0 Å². The van der Waals surface area contributed by atoms with Crippen LogP contribution in [-0.2, 0) is 0 Å². The highest BCUT2D eigenvalue weighted by atomic mass is 32.2. The van der Waals surface area contributed by atoms with Crippen molar-refractivity contribution in [1.29, 1.82) is 0 Å². The minimum Gasteiger partial charge on any atom is -0.416 e. The van der Waals surface area contributed by atoms with Crippen molar-refractivity contribution in [1.82, 2.24) is 10.2 Å². The largest absolute Gasteiger partial charge is 0.416 e. The molecule has 2 rings (SSSR count). The molecule has 0 bridgehead atoms. The summed E-state index contributed by atoms with van der Waals surface area (Å²) in [6, 6.07) is 5.72. The standard InChI is InChI=1S/C12H14N4O2S2/c1-3-19-8-5-4-6-9(10(8)11(13)16-17)20-12-15-14-7(2)18-12/h4-6,17H,3H2,1-2H3,(H2,13,16). The van der Waals surface area contributed by atoms with E-state index < -0.39 is 0 Å². The fourth-order valence-electron chi connectivity index (χ4n) is 1.59. The lowest BCUT2D eigenvalue weighted by Gasteiger charge is -2.11. The van der Waals surface area contributed by atoms with Gasteiger partial charge >= 0.3 is 0 Å². The van der Waals surface area contributed by atoms with E-state index in [-0.39, 0.29) is 5.84 Å². The Morgan fingerprint density at radius 1 is 1.40 bits per heavy atom. The lowest BCUT2D eigenvalue weighted by Crippen LogP contribution is -2.15. The molecule has 0 aliphatic heterocycles. The Balaban J connectivity index is 2.43. The number of nitrogens with zero attached hydrogens (tertiary/aromatic N) is 3. The first-order valence-electron chi connectivity index (χ1n) is 5.87. The molecule has 0 amide bonds. The number of hydrogen-bond donors (Lipinski definition) is 2. The minimum atomic E-state index is 0.0697. The number of amidine groups is 1. The van der Waals surface area contributed by atoms with Crippen LogP contribution in [0.2, 0.25) is 0 Å². The molecule has 6 nitrogen and oxygen atoms in total. The number of benzene rings is 1. The van der Waals surface area contributed by atoms with Gasteiger partial charge in [-0.15, -0.1) is 22.0 Å². The Bertz CT molecular complexity index is 628. The molecule has 0 saturated heterocycles. The molecule has 8 heteroatoms. The molecule has 0 unspecified atom stereocenters. The van der Waals surface area contributed by atoms with E-state index in [9.17, 15) is 0 Å². The van der Waals surface area contributed by atoms with E-state index in [0.29, 0.717) is 16.7 Å². The minimum absolute atomic E-state index is 0.0697. The van der Waals surface area contributed by atoms with Crippen molar-refractivity contribution in [3.8, 4) is 0 Å². The number of thioether (sulfide) groups is 1. The summed E-state index contributed by atoms with van der Waals surface area (Å²) < 4.78 is 5.35. The number of rotatable bonds is 5. The van der Waals surface area contributed by atoms with Crippen molar-refractivity contribution in [2.75, 3.05) is 5.75 Å². The normalized spacial score (nSPS) is 11.8. The van der Waals surface area contributed by atoms with E-state index in [1.165, 1.54) is 11.8 Å². The molecule has 0 saturated carbocycles. The van der Waals surface area contributed by atoms with Crippen molar-refractivity contribution < 1.29 is 9.62 Å². The molecular weight excluding hydrogens is 296 g/mol. The van der Waals surface area contributed by atoms with E-state index in [1.807, 2.05) is 25.1 Å². The Morgan fingerprint density at radius 3 is 2.75 bits per heavy atom. The Labute approximate surface area is 124 Å². The summed E-state index contributed by atoms with van der Waals surface area (Å²) in [6.07, 6.45) is 0. The number of aryl methyl sites for hydroxylation is 1. The second-order valence-corrected chi connectivity index (χ2v) is 6.04. The summed E-state index contributed by atoms with van der Waals surface area (Å²) in [4.78, 5) is 1.76. The molecule has 0 aliphatic carbocycles. The molecule has 0 radical (unpaired) electrons. The van der Waals surface area contributed by atoms with Crippen molar-refractivity contribution in [3.63, 3.8) is 0 Å². The number of aromatic nitrogens is 2. The van der Waals surface area contributed by atoms with Crippen LogP contribution in [0.5, 0.6) is 0 Å². The van der Waals surface area contributed by atoms with Gasteiger partial charge in [-0.2, -0.15) is 0 Å². The Kier molecular flexibility index (Phi) is 4.91. The van der Waals surface area contributed by atoms with Gasteiger partial charge in [0.2, 0.25) is 5.89 Å². The molecule has 3 N–H and O–H groups in total. The predicted octanol–water partition coefficient (Wildman–Crippen LogP) is 2.74. The summed E-state index contributed by atoms with van der Waals surface area (Å²) in [5, 5.41) is 20.2. The summed E-state index contributed by atoms with van der Waals surface area (Å²) >= 11 is 2.92. The second kappa shape index (κ2) is 6.67. The van der Waals surface area contributed by atoms with Crippen LogP contribution in [0, 0.1) is 6.92 Å². The van der Waals surface area contributed by atoms with Gasteiger partial charge in [0.05, 0.1) is 0 Å². The first-order valence-corrected chi connectivity index (χ1v) is 7.67. The van der Waals surface area contributed by atoms with Gasteiger partial charge in [0, 0.05) is 22.3 Å². The van der Waals surface area contributed by atoms with Gasteiger partial charge in [0.1, 0.15) is 0 Å². The quantitative estimate of drug-likeness (QED) is 0.288.